The van der Waals surface area contributed by atoms with Gasteiger partial charge in [-0.25, -0.2) is 0 Å². The number of ketones is 2. The van der Waals surface area contributed by atoms with Crippen LogP contribution in [0.25, 0.3) is 0 Å². The van der Waals surface area contributed by atoms with Crippen LogP contribution >= 0.6 is 0 Å². The van der Waals surface area contributed by atoms with Crippen LogP contribution in [0.2, 0.25) is 0 Å². The molecule has 0 aliphatic heterocycles. The fourth-order valence-corrected chi connectivity index (χ4v) is 6.62. The van der Waals surface area contributed by atoms with Crippen LogP contribution in [0, 0.1) is 32.6 Å². The summed E-state index contributed by atoms with van der Waals surface area (Å²) in [4.78, 5) is 25.7. The molecule has 7 N–H and O–H groups in total. The van der Waals surface area contributed by atoms with E-state index in [-0.39, 0.29) is 39.3 Å². The van der Waals surface area contributed by atoms with E-state index in [0.29, 0.717) is 5.56 Å². The van der Waals surface area contributed by atoms with Crippen LogP contribution in [0.5, 0.6) is 0 Å². The third kappa shape index (κ3) is 3.80. The number of nitrogens with two attached hydrogens (primary N) is 2. The first-order chi connectivity index (χ1) is 16.6. The minimum atomic E-state index is -4.92. The molecule has 11 nitrogen and oxygen atoms in total. The van der Waals surface area contributed by atoms with Crippen LogP contribution in [0.15, 0.2) is 51.5 Å². The minimum absolute atomic E-state index is 0.0325. The summed E-state index contributed by atoms with van der Waals surface area (Å²) in [5, 5.41) is 2.87. The molecule has 190 valence electrons. The molecule has 0 bridgehead atoms. The highest BCUT2D eigenvalue weighted by Gasteiger charge is 2.48. The maximum absolute atomic E-state index is 13.5. The summed E-state index contributed by atoms with van der Waals surface area (Å²) in [6, 6.07) is 5.99. The highest BCUT2D eigenvalue weighted by atomic mass is 32.2. The summed E-state index contributed by atoms with van der Waals surface area (Å²) < 4.78 is 68.1. The van der Waals surface area contributed by atoms with Crippen molar-refractivity contribution in [2.24, 2.45) is 17.6 Å². The van der Waals surface area contributed by atoms with E-state index in [9.17, 15) is 35.5 Å². The Bertz CT molecular complexity index is 1650. The van der Waals surface area contributed by atoms with Gasteiger partial charge in [-0.05, 0) is 43.5 Å². The second kappa shape index (κ2) is 8.27. The Morgan fingerprint density at radius 3 is 1.83 bits per heavy atom. The number of nitrogen functional groups attached to an aromatic ring is 1. The Morgan fingerprint density at radius 1 is 0.806 bits per heavy atom. The van der Waals surface area contributed by atoms with Gasteiger partial charge in [0.2, 0.25) is 0 Å². The van der Waals surface area contributed by atoms with Gasteiger partial charge in [-0.3, -0.25) is 18.7 Å². The Morgan fingerprint density at radius 2 is 1.33 bits per heavy atom. The Kier molecular flexibility index (Phi) is 5.87. The highest BCUT2D eigenvalue weighted by Crippen LogP contribution is 2.44. The molecule has 0 fully saturated rings. The summed E-state index contributed by atoms with van der Waals surface area (Å²) in [6.45, 7) is 4.37. The first-order valence-corrected chi connectivity index (χ1v) is 13.4. The molecule has 0 saturated carbocycles. The van der Waals surface area contributed by atoms with Crippen molar-refractivity contribution in [1.82, 2.24) is 0 Å². The average molecular weight is 534 g/mol. The molecule has 2 atom stereocenters. The lowest BCUT2D eigenvalue weighted by Crippen LogP contribution is -2.44. The minimum Gasteiger partial charge on any atom is -0.400 e. The second-order valence-electron chi connectivity index (χ2n) is 8.72. The summed E-state index contributed by atoms with van der Waals surface area (Å²) in [5.74, 6) is -3.89. The predicted molar refractivity (Wildman–Crippen MR) is 131 cm³/mol. The highest BCUT2D eigenvalue weighted by molar-refractivity contribution is 7.90. The van der Waals surface area contributed by atoms with Gasteiger partial charge in [-0.15, -0.1) is 0 Å². The fraction of sp³-hybridized carbons (Fsp3) is 0.217. The van der Waals surface area contributed by atoms with Crippen molar-refractivity contribution in [2.45, 2.75) is 25.7 Å². The van der Waals surface area contributed by atoms with Crippen molar-refractivity contribution >= 4 is 43.2 Å². The van der Waals surface area contributed by atoms with Crippen LogP contribution in [0.3, 0.4) is 0 Å². The first kappa shape index (κ1) is 25.6. The molecule has 2 aromatic carbocycles. The van der Waals surface area contributed by atoms with Crippen molar-refractivity contribution in [3.63, 3.8) is 0 Å². The molecular weight excluding hydrogens is 510 g/mol. The molecule has 36 heavy (non-hydrogen) atoms. The molecular formula is C23H23N3O8S2. The van der Waals surface area contributed by atoms with Crippen LogP contribution in [0.1, 0.15) is 37.4 Å². The van der Waals surface area contributed by atoms with Gasteiger partial charge in [-0.2, -0.15) is 16.8 Å². The lowest BCUT2D eigenvalue weighted by Gasteiger charge is -2.36. The number of carbonyl (C=O) groups is 2. The molecule has 13 heteroatoms. The standard InChI is InChI=1S/C23H23N3O8S2/c1-9-18(24)10(2)23(36(32,33)34)11(3)20(9)26-14-8-15(35(29,30)31)19(25)17-16(14)21(27)12-6-4-5-7-13(12)22(17)28/h4-8,16-17,26H,24-25H2,1-3H3,(H,29,30,31)(H,32,33,34). The zero-order valence-corrected chi connectivity index (χ0v) is 21.0. The molecule has 0 saturated heterocycles. The molecule has 0 heterocycles. The third-order valence-corrected chi connectivity index (χ3v) is 8.68. The van der Waals surface area contributed by atoms with Gasteiger partial charge in [0, 0.05) is 33.9 Å². The molecule has 0 amide bonds. The van der Waals surface area contributed by atoms with Crippen LogP contribution in [-0.4, -0.2) is 37.5 Å². The number of carbonyl (C=O) groups excluding carboxylic acids is 2. The lowest BCUT2D eigenvalue weighted by atomic mass is 9.69. The van der Waals surface area contributed by atoms with Gasteiger partial charge < -0.3 is 16.8 Å². The molecule has 0 radical (unpaired) electrons. The summed E-state index contributed by atoms with van der Waals surface area (Å²) in [7, 11) is -9.64. The molecule has 2 aromatic rings. The van der Waals surface area contributed by atoms with Crippen LogP contribution in [0.4, 0.5) is 11.4 Å². The zero-order chi connectivity index (χ0) is 26.9. The van der Waals surface area contributed by atoms with Crippen LogP contribution < -0.4 is 16.8 Å². The number of anilines is 2. The van der Waals surface area contributed by atoms with E-state index in [1.54, 1.807) is 19.1 Å². The van der Waals surface area contributed by atoms with Crippen molar-refractivity contribution in [2.75, 3.05) is 11.1 Å². The Labute approximate surface area is 207 Å². The zero-order valence-electron chi connectivity index (χ0n) is 19.4. The van der Waals surface area contributed by atoms with Crippen LogP contribution in [-0.2, 0) is 20.2 Å². The maximum Gasteiger partial charge on any atom is 0.296 e. The summed E-state index contributed by atoms with van der Waals surface area (Å²) in [6.07, 6.45) is 0.937. The molecule has 4 rings (SSSR count). The van der Waals surface area contributed by atoms with E-state index in [4.69, 9.17) is 11.5 Å². The number of fused-ring (bicyclic) bond motifs is 2. The normalized spacial score (nSPS) is 20.1. The number of hydrogen-bond donors (Lipinski definition) is 5. The SMILES string of the molecule is Cc1c(N)c(C)c(S(=O)(=O)O)c(C)c1NC1=CC(S(=O)(=O)O)=C(N)C2C(=O)c3ccccc3C(=O)C12. The topological polar surface area (TPSA) is 207 Å². The quantitative estimate of drug-likeness (QED) is 0.284. The van der Waals surface area contributed by atoms with E-state index in [1.807, 2.05) is 0 Å². The van der Waals surface area contributed by atoms with E-state index < -0.39 is 59.1 Å². The summed E-state index contributed by atoms with van der Waals surface area (Å²) in [5.41, 5.74) is 12.3. The van der Waals surface area contributed by atoms with E-state index in [1.165, 1.54) is 26.0 Å². The number of rotatable bonds is 4. The predicted octanol–water partition coefficient (Wildman–Crippen LogP) is 2.12. The maximum atomic E-state index is 13.5. The van der Waals surface area contributed by atoms with Gasteiger partial charge >= 0.3 is 0 Å². The molecule has 2 aliphatic rings. The number of allylic oxidation sites excluding steroid dienone is 3. The van der Waals surface area contributed by atoms with Gasteiger partial charge in [-0.1, -0.05) is 24.3 Å². The molecule has 0 spiro atoms. The van der Waals surface area contributed by atoms with Crippen molar-refractivity contribution < 1.29 is 35.5 Å². The second-order valence-corrected chi connectivity index (χ2v) is 11.5. The molecule has 2 aliphatic carbocycles. The molecule has 2 unspecified atom stereocenters. The lowest BCUT2D eigenvalue weighted by molar-refractivity contribution is 0.0785. The number of nitrogens with one attached hydrogen (secondary N) is 1. The van der Waals surface area contributed by atoms with Crippen molar-refractivity contribution in [3.8, 4) is 0 Å². The van der Waals surface area contributed by atoms with Gasteiger partial charge in [0.15, 0.2) is 11.6 Å². The summed E-state index contributed by atoms with van der Waals surface area (Å²) >= 11 is 0. The number of benzene rings is 2. The first-order valence-electron chi connectivity index (χ1n) is 10.6. The monoisotopic (exact) mass is 533 g/mol. The van der Waals surface area contributed by atoms with Crippen molar-refractivity contribution in [1.29, 1.82) is 0 Å². The van der Waals surface area contributed by atoms with E-state index >= 15 is 0 Å². The van der Waals surface area contributed by atoms with Gasteiger partial charge in [0.1, 0.15) is 9.80 Å². The third-order valence-electron chi connectivity index (χ3n) is 6.64. The molecule has 0 aromatic heterocycles. The van der Waals surface area contributed by atoms with Crippen molar-refractivity contribution in [3.05, 3.63) is 74.5 Å². The fourth-order valence-electron chi connectivity index (χ4n) is 4.93. The number of hydrogen-bond acceptors (Lipinski definition) is 9. The van der Waals surface area contributed by atoms with Gasteiger partial charge in [0.25, 0.3) is 20.2 Å². The average Bonchev–Trinajstić information content (AvgIpc) is 2.77. The Hall–Kier alpha value is -3.52. The smallest absolute Gasteiger partial charge is 0.296 e. The number of Topliss-reactive ketones (excluding diaryl/α,β-unsaturated/α-hetero) is 2. The van der Waals surface area contributed by atoms with E-state index in [2.05, 4.69) is 5.32 Å². The largest absolute Gasteiger partial charge is 0.400 e. The van der Waals surface area contributed by atoms with E-state index in [0.717, 1.165) is 6.08 Å². The Balaban J connectivity index is 2.01. The van der Waals surface area contributed by atoms with Gasteiger partial charge in [0.05, 0.1) is 11.8 Å².